The molecule has 1 aromatic rings. The molecular formula is C18H28N2O3. The van der Waals surface area contributed by atoms with Gasteiger partial charge in [0.1, 0.15) is 0 Å². The third-order valence-corrected chi connectivity index (χ3v) is 4.66. The minimum Gasteiger partial charge on any atom is -0.386 e. The molecule has 3 N–H and O–H groups in total. The second-order valence-electron chi connectivity index (χ2n) is 6.34. The highest BCUT2D eigenvalue weighted by molar-refractivity contribution is 5.79. The number of hydrogen-bond acceptors (Lipinski definition) is 4. The van der Waals surface area contributed by atoms with Crippen molar-refractivity contribution in [3.05, 3.63) is 35.9 Å². The predicted octanol–water partition coefficient (Wildman–Crippen LogP) is 1.63. The van der Waals surface area contributed by atoms with Gasteiger partial charge in [-0.05, 0) is 31.9 Å². The van der Waals surface area contributed by atoms with Crippen LogP contribution >= 0.6 is 0 Å². The van der Waals surface area contributed by atoms with Crippen LogP contribution in [0.15, 0.2) is 30.3 Å². The maximum atomic E-state index is 12.5. The number of carbonyl (C=O) groups is 1. The summed E-state index contributed by atoms with van der Waals surface area (Å²) in [5.74, 6) is -0.367. The lowest BCUT2D eigenvalue weighted by atomic mass is 9.94. The maximum Gasteiger partial charge on any atom is 0.225 e. The Kier molecular flexibility index (Phi) is 6.57. The van der Waals surface area contributed by atoms with E-state index in [-0.39, 0.29) is 30.0 Å². The predicted molar refractivity (Wildman–Crippen MR) is 90.0 cm³/mol. The number of methoxy groups -OCH3 is 1. The molecule has 2 rings (SSSR count). The Morgan fingerprint density at radius 1 is 1.35 bits per heavy atom. The highest BCUT2D eigenvalue weighted by atomic mass is 16.5. The molecule has 0 spiro atoms. The molecule has 5 heteroatoms. The Morgan fingerprint density at radius 2 is 2.04 bits per heavy atom. The number of benzene rings is 1. The fraction of sp³-hybridized carbons (Fsp3) is 0.611. The highest BCUT2D eigenvalue weighted by Crippen LogP contribution is 2.20. The van der Waals surface area contributed by atoms with E-state index in [1.165, 1.54) is 0 Å². The monoisotopic (exact) mass is 320 g/mol. The van der Waals surface area contributed by atoms with E-state index < -0.39 is 6.10 Å². The molecular weight excluding hydrogens is 292 g/mol. The smallest absolute Gasteiger partial charge is 0.225 e. The number of carbonyl (C=O) groups excluding carboxylic acids is 1. The van der Waals surface area contributed by atoms with Crippen LogP contribution in [0.25, 0.3) is 0 Å². The molecule has 1 heterocycles. The lowest BCUT2D eigenvalue weighted by Crippen LogP contribution is -2.48. The standard InChI is InChI=1S/C18H28N2O3/c1-12(17(23-3)15-10-7-11-19-15)18(22)20-13(2)16(21)14-8-5-4-6-9-14/h4-6,8-9,12-13,15-17,19,21H,7,10-11H2,1-3H3,(H,20,22)/t12?,13?,15-,16?,17?/m0/s1. The Hall–Kier alpha value is -1.43. The van der Waals surface area contributed by atoms with Gasteiger partial charge < -0.3 is 20.5 Å². The van der Waals surface area contributed by atoms with Crippen LogP contribution in [0.3, 0.4) is 0 Å². The molecule has 5 atom stereocenters. The summed E-state index contributed by atoms with van der Waals surface area (Å²) in [6, 6.07) is 9.23. The summed E-state index contributed by atoms with van der Waals surface area (Å²) in [6.45, 7) is 4.67. The van der Waals surface area contributed by atoms with E-state index in [1.54, 1.807) is 7.11 Å². The zero-order valence-electron chi connectivity index (χ0n) is 14.2. The third kappa shape index (κ3) is 4.53. The van der Waals surface area contributed by atoms with Crippen LogP contribution in [0.2, 0.25) is 0 Å². The number of aliphatic hydroxyl groups excluding tert-OH is 1. The summed E-state index contributed by atoms with van der Waals surface area (Å²) in [4.78, 5) is 12.5. The molecule has 1 amide bonds. The van der Waals surface area contributed by atoms with Gasteiger partial charge in [-0.25, -0.2) is 0 Å². The number of rotatable bonds is 7. The maximum absolute atomic E-state index is 12.5. The molecule has 23 heavy (non-hydrogen) atoms. The lowest BCUT2D eigenvalue weighted by molar-refractivity contribution is -0.131. The van der Waals surface area contributed by atoms with Crippen molar-refractivity contribution in [2.75, 3.05) is 13.7 Å². The van der Waals surface area contributed by atoms with Crippen LogP contribution in [0.4, 0.5) is 0 Å². The number of ether oxygens (including phenoxy) is 1. The van der Waals surface area contributed by atoms with E-state index in [1.807, 2.05) is 44.2 Å². The molecule has 0 aromatic heterocycles. The zero-order chi connectivity index (χ0) is 16.8. The van der Waals surface area contributed by atoms with Gasteiger partial charge in [-0.1, -0.05) is 37.3 Å². The second kappa shape index (κ2) is 8.43. The van der Waals surface area contributed by atoms with Crippen LogP contribution in [0.1, 0.15) is 38.4 Å². The van der Waals surface area contributed by atoms with E-state index in [0.29, 0.717) is 0 Å². The summed E-state index contributed by atoms with van der Waals surface area (Å²) < 4.78 is 5.56. The van der Waals surface area contributed by atoms with Crippen molar-refractivity contribution in [2.45, 2.75) is 51.0 Å². The summed E-state index contributed by atoms with van der Waals surface area (Å²) in [5.41, 5.74) is 0.800. The van der Waals surface area contributed by atoms with Gasteiger partial charge in [0, 0.05) is 13.2 Å². The zero-order valence-corrected chi connectivity index (χ0v) is 14.2. The van der Waals surface area contributed by atoms with Crippen molar-refractivity contribution in [1.29, 1.82) is 0 Å². The fourth-order valence-electron chi connectivity index (χ4n) is 3.23. The summed E-state index contributed by atoms with van der Waals surface area (Å²) in [5, 5.41) is 16.7. The van der Waals surface area contributed by atoms with Crippen molar-refractivity contribution in [2.24, 2.45) is 5.92 Å². The first kappa shape index (κ1) is 17.9. The van der Waals surface area contributed by atoms with Crippen LogP contribution in [0.5, 0.6) is 0 Å². The largest absolute Gasteiger partial charge is 0.386 e. The first-order chi connectivity index (χ1) is 11.0. The Balaban J connectivity index is 1.94. The Labute approximate surface area is 138 Å². The molecule has 1 aliphatic heterocycles. The molecule has 1 fully saturated rings. The molecule has 0 saturated carbocycles. The van der Waals surface area contributed by atoms with Crippen molar-refractivity contribution < 1.29 is 14.6 Å². The van der Waals surface area contributed by atoms with E-state index in [4.69, 9.17) is 4.74 Å². The van der Waals surface area contributed by atoms with Gasteiger partial charge in [0.15, 0.2) is 0 Å². The quantitative estimate of drug-likeness (QED) is 0.714. The molecule has 1 aliphatic rings. The Morgan fingerprint density at radius 3 is 2.61 bits per heavy atom. The minimum absolute atomic E-state index is 0.0898. The third-order valence-electron chi connectivity index (χ3n) is 4.66. The van der Waals surface area contributed by atoms with Crippen LogP contribution in [-0.4, -0.2) is 42.9 Å². The highest BCUT2D eigenvalue weighted by Gasteiger charge is 2.33. The van der Waals surface area contributed by atoms with Crippen molar-refractivity contribution >= 4 is 5.91 Å². The van der Waals surface area contributed by atoms with E-state index in [9.17, 15) is 9.90 Å². The van der Waals surface area contributed by atoms with Gasteiger partial charge in [-0.2, -0.15) is 0 Å². The fourth-order valence-corrected chi connectivity index (χ4v) is 3.23. The van der Waals surface area contributed by atoms with Crippen LogP contribution in [0, 0.1) is 5.92 Å². The molecule has 0 radical (unpaired) electrons. The van der Waals surface area contributed by atoms with Gasteiger partial charge in [0.2, 0.25) is 5.91 Å². The molecule has 4 unspecified atom stereocenters. The topological polar surface area (TPSA) is 70.6 Å². The number of nitrogens with one attached hydrogen (secondary N) is 2. The van der Waals surface area contributed by atoms with Gasteiger partial charge in [0.05, 0.1) is 24.2 Å². The molecule has 128 valence electrons. The molecule has 1 aromatic carbocycles. The van der Waals surface area contributed by atoms with Crippen molar-refractivity contribution in [3.63, 3.8) is 0 Å². The summed E-state index contributed by atoms with van der Waals surface area (Å²) in [6.07, 6.45) is 1.26. The average Bonchev–Trinajstić information content (AvgIpc) is 3.09. The Bertz CT molecular complexity index is 488. The normalized spacial score (nSPS) is 23.0. The summed E-state index contributed by atoms with van der Waals surface area (Å²) in [7, 11) is 1.65. The number of hydrogen-bond donors (Lipinski definition) is 3. The minimum atomic E-state index is -0.724. The van der Waals surface area contributed by atoms with Gasteiger partial charge in [0.25, 0.3) is 0 Å². The van der Waals surface area contributed by atoms with Crippen molar-refractivity contribution in [1.82, 2.24) is 10.6 Å². The van der Waals surface area contributed by atoms with Gasteiger partial charge >= 0.3 is 0 Å². The SMILES string of the molecule is COC(C(C)C(=O)NC(C)C(O)c1ccccc1)[C@@H]1CCCN1. The molecule has 0 bridgehead atoms. The van der Waals surface area contributed by atoms with E-state index in [0.717, 1.165) is 24.9 Å². The van der Waals surface area contributed by atoms with Gasteiger partial charge in [-0.15, -0.1) is 0 Å². The van der Waals surface area contributed by atoms with Crippen LogP contribution in [-0.2, 0) is 9.53 Å². The summed E-state index contributed by atoms with van der Waals surface area (Å²) >= 11 is 0. The average molecular weight is 320 g/mol. The van der Waals surface area contributed by atoms with E-state index >= 15 is 0 Å². The second-order valence-corrected chi connectivity index (χ2v) is 6.34. The number of aliphatic hydroxyl groups is 1. The molecule has 5 nitrogen and oxygen atoms in total. The number of amides is 1. The first-order valence-corrected chi connectivity index (χ1v) is 8.34. The van der Waals surface area contributed by atoms with Crippen LogP contribution < -0.4 is 10.6 Å². The van der Waals surface area contributed by atoms with Gasteiger partial charge in [-0.3, -0.25) is 4.79 Å². The molecule has 0 aliphatic carbocycles. The van der Waals surface area contributed by atoms with Crippen molar-refractivity contribution in [3.8, 4) is 0 Å². The molecule has 1 saturated heterocycles. The first-order valence-electron chi connectivity index (χ1n) is 8.34. The lowest BCUT2D eigenvalue weighted by Gasteiger charge is -2.29. The van der Waals surface area contributed by atoms with E-state index in [2.05, 4.69) is 10.6 Å².